The van der Waals surface area contributed by atoms with E-state index in [0.29, 0.717) is 6.42 Å². The summed E-state index contributed by atoms with van der Waals surface area (Å²) in [5.41, 5.74) is 0.248. The number of benzene rings is 1. The lowest BCUT2D eigenvalue weighted by Gasteiger charge is -2.35. The van der Waals surface area contributed by atoms with Gasteiger partial charge in [0, 0.05) is 10.6 Å². The average molecular weight is 299 g/mol. The van der Waals surface area contributed by atoms with Crippen molar-refractivity contribution < 1.29 is 14.0 Å². The van der Waals surface area contributed by atoms with Crippen LogP contribution in [0.2, 0.25) is 5.02 Å². The number of piperazine rings is 1. The topological polar surface area (TPSA) is 49.4 Å². The van der Waals surface area contributed by atoms with Crippen LogP contribution in [0.1, 0.15) is 25.3 Å². The first kappa shape index (κ1) is 14.8. The van der Waals surface area contributed by atoms with E-state index in [-0.39, 0.29) is 35.5 Å². The quantitative estimate of drug-likeness (QED) is 0.925. The van der Waals surface area contributed by atoms with E-state index in [4.69, 9.17) is 11.6 Å². The second-order valence-corrected chi connectivity index (χ2v) is 5.15. The molecule has 1 fully saturated rings. The van der Waals surface area contributed by atoms with E-state index in [1.165, 1.54) is 17.0 Å². The predicted octanol–water partition coefficient (Wildman–Crippen LogP) is 2.11. The molecule has 0 aliphatic carbocycles. The summed E-state index contributed by atoms with van der Waals surface area (Å²) in [6.07, 6.45) is 1.30. The van der Waals surface area contributed by atoms with E-state index in [1.807, 2.05) is 6.92 Å². The average Bonchev–Trinajstić information content (AvgIpc) is 2.41. The van der Waals surface area contributed by atoms with Crippen molar-refractivity contribution in [1.82, 2.24) is 10.2 Å². The van der Waals surface area contributed by atoms with E-state index >= 15 is 0 Å². The molecule has 0 saturated carbocycles. The van der Waals surface area contributed by atoms with Gasteiger partial charge in [-0.3, -0.25) is 9.59 Å². The van der Waals surface area contributed by atoms with Gasteiger partial charge in [-0.05, 0) is 18.6 Å². The molecule has 2 rings (SSSR count). The fraction of sp³-hybridized carbons (Fsp3) is 0.429. The number of nitrogens with one attached hydrogen (secondary N) is 1. The molecule has 1 atom stereocenters. The van der Waals surface area contributed by atoms with Crippen molar-refractivity contribution in [1.29, 1.82) is 0 Å². The molecular weight excluding hydrogens is 283 g/mol. The Morgan fingerprint density at radius 3 is 2.85 bits per heavy atom. The van der Waals surface area contributed by atoms with E-state index in [9.17, 15) is 14.0 Å². The highest BCUT2D eigenvalue weighted by Crippen LogP contribution is 2.23. The molecule has 0 aromatic heterocycles. The summed E-state index contributed by atoms with van der Waals surface area (Å²) in [7, 11) is 0. The minimum atomic E-state index is -0.558. The first-order valence-corrected chi connectivity index (χ1v) is 6.92. The maximum absolute atomic E-state index is 13.8. The Bertz CT molecular complexity index is 516. The largest absolute Gasteiger partial charge is 0.345 e. The molecule has 0 radical (unpaired) electrons. The summed E-state index contributed by atoms with van der Waals surface area (Å²) < 4.78 is 13.8. The molecule has 1 aliphatic rings. The van der Waals surface area contributed by atoms with Crippen LogP contribution in [0.3, 0.4) is 0 Å². The summed E-state index contributed by atoms with van der Waals surface area (Å²) in [6.45, 7) is 1.90. The summed E-state index contributed by atoms with van der Waals surface area (Å²) in [6, 6.07) is 3.82. The highest BCUT2D eigenvalue weighted by atomic mass is 35.5. The number of carbonyl (C=O) groups excluding carboxylic acids is 2. The number of halogens is 2. The van der Waals surface area contributed by atoms with Gasteiger partial charge in [0.1, 0.15) is 11.9 Å². The Kier molecular flexibility index (Phi) is 4.60. The highest BCUT2D eigenvalue weighted by Gasteiger charge is 2.34. The zero-order valence-corrected chi connectivity index (χ0v) is 11.9. The molecule has 1 aliphatic heterocycles. The van der Waals surface area contributed by atoms with Gasteiger partial charge >= 0.3 is 0 Å². The maximum Gasteiger partial charge on any atom is 0.243 e. The second-order valence-electron chi connectivity index (χ2n) is 4.74. The monoisotopic (exact) mass is 298 g/mol. The van der Waals surface area contributed by atoms with Crippen LogP contribution in [-0.2, 0) is 16.1 Å². The first-order chi connectivity index (χ1) is 9.54. The molecule has 1 aromatic rings. The molecule has 6 heteroatoms. The van der Waals surface area contributed by atoms with Crippen LogP contribution in [0.5, 0.6) is 0 Å². The maximum atomic E-state index is 13.8. The molecule has 4 nitrogen and oxygen atoms in total. The fourth-order valence-corrected chi connectivity index (χ4v) is 2.53. The van der Waals surface area contributed by atoms with Crippen LogP contribution in [0.15, 0.2) is 18.2 Å². The zero-order chi connectivity index (χ0) is 14.7. The third-order valence-electron chi connectivity index (χ3n) is 3.37. The van der Waals surface area contributed by atoms with Gasteiger partial charge in [-0.1, -0.05) is 31.0 Å². The SMILES string of the molecule is CCCC1C(=O)NCC(=O)N1Cc1c(F)cccc1Cl. The lowest BCUT2D eigenvalue weighted by Crippen LogP contribution is -2.57. The van der Waals surface area contributed by atoms with Crippen molar-refractivity contribution in [2.75, 3.05) is 6.54 Å². The fourth-order valence-electron chi connectivity index (χ4n) is 2.31. The van der Waals surface area contributed by atoms with E-state index in [0.717, 1.165) is 6.42 Å². The number of hydrogen-bond donors (Lipinski definition) is 1. The van der Waals surface area contributed by atoms with Gasteiger partial charge in [-0.2, -0.15) is 0 Å². The van der Waals surface area contributed by atoms with Crippen molar-refractivity contribution in [2.24, 2.45) is 0 Å². The van der Waals surface area contributed by atoms with Gasteiger partial charge in [0.05, 0.1) is 13.1 Å². The minimum absolute atomic E-state index is 0.0163. The minimum Gasteiger partial charge on any atom is -0.345 e. The van der Waals surface area contributed by atoms with Gasteiger partial charge in [0.2, 0.25) is 11.8 Å². The Balaban J connectivity index is 2.28. The van der Waals surface area contributed by atoms with Crippen LogP contribution in [0.25, 0.3) is 0 Å². The van der Waals surface area contributed by atoms with Crippen LogP contribution in [0.4, 0.5) is 4.39 Å². The number of amides is 2. The molecule has 1 heterocycles. The summed E-state index contributed by atoms with van der Waals surface area (Å²) in [4.78, 5) is 25.3. The van der Waals surface area contributed by atoms with Gasteiger partial charge in [0.25, 0.3) is 0 Å². The van der Waals surface area contributed by atoms with Crippen molar-refractivity contribution >= 4 is 23.4 Å². The smallest absolute Gasteiger partial charge is 0.243 e. The number of hydrogen-bond acceptors (Lipinski definition) is 2. The van der Waals surface area contributed by atoms with Gasteiger partial charge < -0.3 is 10.2 Å². The van der Waals surface area contributed by atoms with Crippen molar-refractivity contribution in [3.8, 4) is 0 Å². The number of nitrogens with zero attached hydrogens (tertiary/aromatic N) is 1. The lowest BCUT2D eigenvalue weighted by molar-refractivity contribution is -0.146. The van der Waals surface area contributed by atoms with Crippen LogP contribution in [-0.4, -0.2) is 29.3 Å². The zero-order valence-electron chi connectivity index (χ0n) is 11.2. The van der Waals surface area contributed by atoms with Gasteiger partial charge in [0.15, 0.2) is 0 Å². The third kappa shape index (κ3) is 2.93. The Morgan fingerprint density at radius 1 is 1.45 bits per heavy atom. The van der Waals surface area contributed by atoms with Crippen LogP contribution in [0, 0.1) is 5.82 Å². The van der Waals surface area contributed by atoms with E-state index in [1.54, 1.807) is 6.07 Å². The van der Waals surface area contributed by atoms with Crippen LogP contribution < -0.4 is 5.32 Å². The van der Waals surface area contributed by atoms with Gasteiger partial charge in [-0.25, -0.2) is 4.39 Å². The molecule has 0 bridgehead atoms. The molecule has 1 N–H and O–H groups in total. The predicted molar refractivity (Wildman–Crippen MR) is 73.7 cm³/mol. The molecular formula is C14H16ClFN2O2. The normalized spacial score (nSPS) is 19.1. The molecule has 1 aromatic carbocycles. The molecule has 1 saturated heterocycles. The first-order valence-electron chi connectivity index (χ1n) is 6.54. The lowest BCUT2D eigenvalue weighted by atomic mass is 10.0. The summed E-state index contributed by atoms with van der Waals surface area (Å²) in [5, 5.41) is 2.82. The van der Waals surface area contributed by atoms with Gasteiger partial charge in [-0.15, -0.1) is 0 Å². The molecule has 1 unspecified atom stereocenters. The standard InChI is InChI=1S/C14H16ClFN2O2/c1-2-4-12-14(20)17-7-13(19)18(12)8-9-10(15)5-3-6-11(9)16/h3,5-6,12H,2,4,7-8H2,1H3,(H,17,20). The summed E-state index contributed by atoms with van der Waals surface area (Å²) in [5.74, 6) is -0.882. The highest BCUT2D eigenvalue weighted by molar-refractivity contribution is 6.31. The van der Waals surface area contributed by atoms with E-state index < -0.39 is 11.9 Å². The Morgan fingerprint density at radius 2 is 2.20 bits per heavy atom. The molecule has 2 amide bonds. The van der Waals surface area contributed by atoms with Crippen molar-refractivity contribution in [3.05, 3.63) is 34.6 Å². The molecule has 20 heavy (non-hydrogen) atoms. The van der Waals surface area contributed by atoms with E-state index in [2.05, 4.69) is 5.32 Å². The second kappa shape index (κ2) is 6.22. The third-order valence-corrected chi connectivity index (χ3v) is 3.72. The van der Waals surface area contributed by atoms with Crippen molar-refractivity contribution in [2.45, 2.75) is 32.4 Å². The molecule has 0 spiro atoms. The number of carbonyl (C=O) groups is 2. The van der Waals surface area contributed by atoms with Crippen LogP contribution >= 0.6 is 11.6 Å². The Hall–Kier alpha value is -1.62. The van der Waals surface area contributed by atoms with Crippen molar-refractivity contribution in [3.63, 3.8) is 0 Å². The molecule has 108 valence electrons. The summed E-state index contributed by atoms with van der Waals surface area (Å²) >= 11 is 5.98. The number of rotatable bonds is 4. The Labute approximate surface area is 121 Å².